The summed E-state index contributed by atoms with van der Waals surface area (Å²) in [6.45, 7) is 2.71. The fourth-order valence-corrected chi connectivity index (χ4v) is 1.83. The number of aryl methyl sites for hydroxylation is 1. The molecule has 0 aliphatic heterocycles. The Hall–Kier alpha value is -2.37. The Balaban J connectivity index is 1.75. The zero-order valence-corrected chi connectivity index (χ0v) is 10.00. The highest BCUT2D eigenvalue weighted by Crippen LogP contribution is 2.10. The van der Waals surface area contributed by atoms with Gasteiger partial charge in [0.1, 0.15) is 17.9 Å². The van der Waals surface area contributed by atoms with Crippen molar-refractivity contribution in [3.63, 3.8) is 0 Å². The van der Waals surface area contributed by atoms with Crippen LogP contribution in [0.2, 0.25) is 0 Å². The molecule has 0 aliphatic rings. The van der Waals surface area contributed by atoms with Crippen LogP contribution >= 0.6 is 0 Å². The summed E-state index contributed by atoms with van der Waals surface area (Å²) in [5.74, 6) is 2.46. The predicted molar refractivity (Wildman–Crippen MR) is 66.4 cm³/mol. The van der Waals surface area contributed by atoms with E-state index in [0.717, 1.165) is 30.2 Å². The first-order chi connectivity index (χ1) is 8.83. The fraction of sp³-hybridized carbons (Fsp3) is 0.250. The zero-order chi connectivity index (χ0) is 12.4. The zero-order valence-electron chi connectivity index (χ0n) is 10.00. The number of hydrogen-bond donors (Lipinski definition) is 1. The average molecular weight is 243 g/mol. The Bertz CT molecular complexity index is 644. The first kappa shape index (κ1) is 10.8. The molecule has 0 saturated carbocycles. The van der Waals surface area contributed by atoms with E-state index in [1.807, 2.05) is 25.1 Å². The normalized spacial score (nSPS) is 10.9. The van der Waals surface area contributed by atoms with Crippen molar-refractivity contribution in [3.05, 3.63) is 42.2 Å². The van der Waals surface area contributed by atoms with Crippen molar-refractivity contribution in [1.82, 2.24) is 19.6 Å². The molecule has 1 N–H and O–H groups in total. The molecule has 6 heteroatoms. The summed E-state index contributed by atoms with van der Waals surface area (Å²) >= 11 is 0. The van der Waals surface area contributed by atoms with Gasteiger partial charge in [0.15, 0.2) is 0 Å². The third-order valence-corrected chi connectivity index (χ3v) is 2.64. The van der Waals surface area contributed by atoms with Crippen LogP contribution in [-0.4, -0.2) is 26.1 Å². The van der Waals surface area contributed by atoms with Gasteiger partial charge in [-0.05, 0) is 19.1 Å². The molecule has 3 rings (SSSR count). The lowest BCUT2D eigenvalue weighted by Gasteiger charge is -2.07. The van der Waals surface area contributed by atoms with E-state index < -0.39 is 0 Å². The molecule has 0 fully saturated rings. The summed E-state index contributed by atoms with van der Waals surface area (Å²) in [5.41, 5.74) is 0.913. The van der Waals surface area contributed by atoms with E-state index in [-0.39, 0.29) is 0 Å². The van der Waals surface area contributed by atoms with E-state index in [2.05, 4.69) is 20.4 Å². The highest BCUT2D eigenvalue weighted by atomic mass is 16.3. The van der Waals surface area contributed by atoms with E-state index in [0.29, 0.717) is 5.78 Å². The van der Waals surface area contributed by atoms with Gasteiger partial charge in [-0.2, -0.15) is 14.6 Å². The Morgan fingerprint density at radius 3 is 3.22 bits per heavy atom. The third-order valence-electron chi connectivity index (χ3n) is 2.64. The standard InChI is InChI=1S/C12H13N5O/c1-9-7-11(17-12(16-9)14-8-15-17)13-5-4-10-3-2-6-18-10/h2-3,6-8,13H,4-5H2,1H3. The van der Waals surface area contributed by atoms with Crippen LogP contribution in [-0.2, 0) is 6.42 Å². The lowest BCUT2D eigenvalue weighted by molar-refractivity contribution is 0.512. The number of fused-ring (bicyclic) bond motifs is 1. The van der Waals surface area contributed by atoms with E-state index in [9.17, 15) is 0 Å². The number of anilines is 1. The molecule has 0 amide bonds. The summed E-state index contributed by atoms with van der Waals surface area (Å²) in [6, 6.07) is 5.80. The topological polar surface area (TPSA) is 68.2 Å². The molecule has 0 radical (unpaired) electrons. The van der Waals surface area contributed by atoms with Crippen LogP contribution in [0.3, 0.4) is 0 Å². The van der Waals surface area contributed by atoms with Crippen LogP contribution in [0, 0.1) is 6.92 Å². The van der Waals surface area contributed by atoms with Crippen molar-refractivity contribution in [1.29, 1.82) is 0 Å². The molecule has 0 bridgehead atoms. The monoisotopic (exact) mass is 243 g/mol. The first-order valence-corrected chi connectivity index (χ1v) is 5.76. The van der Waals surface area contributed by atoms with Gasteiger partial charge in [-0.1, -0.05) is 0 Å². The molecule has 3 aromatic heterocycles. The van der Waals surface area contributed by atoms with Crippen LogP contribution in [0.4, 0.5) is 5.82 Å². The van der Waals surface area contributed by atoms with E-state index in [1.165, 1.54) is 6.33 Å². The highest BCUT2D eigenvalue weighted by molar-refractivity contribution is 5.44. The molecule has 18 heavy (non-hydrogen) atoms. The SMILES string of the molecule is Cc1cc(NCCc2ccco2)n2ncnc2n1. The summed E-state index contributed by atoms with van der Waals surface area (Å²) in [7, 11) is 0. The fourth-order valence-electron chi connectivity index (χ4n) is 1.83. The van der Waals surface area contributed by atoms with Crippen molar-refractivity contribution in [2.45, 2.75) is 13.3 Å². The number of rotatable bonds is 4. The number of aromatic nitrogens is 4. The largest absolute Gasteiger partial charge is 0.469 e. The van der Waals surface area contributed by atoms with Crippen molar-refractivity contribution < 1.29 is 4.42 Å². The molecule has 3 heterocycles. The maximum absolute atomic E-state index is 5.28. The van der Waals surface area contributed by atoms with Gasteiger partial charge in [0.05, 0.1) is 6.26 Å². The third kappa shape index (κ3) is 2.04. The van der Waals surface area contributed by atoms with Crippen LogP contribution in [0.5, 0.6) is 0 Å². The van der Waals surface area contributed by atoms with Gasteiger partial charge >= 0.3 is 0 Å². The molecule has 0 unspecified atom stereocenters. The molecule has 0 saturated heterocycles. The van der Waals surface area contributed by atoms with Gasteiger partial charge in [0.25, 0.3) is 5.78 Å². The minimum atomic E-state index is 0.607. The highest BCUT2D eigenvalue weighted by Gasteiger charge is 2.05. The molecule has 0 atom stereocenters. The van der Waals surface area contributed by atoms with Crippen molar-refractivity contribution in [2.24, 2.45) is 0 Å². The van der Waals surface area contributed by atoms with E-state index in [1.54, 1.807) is 10.8 Å². The molecule has 92 valence electrons. The molecule has 0 aliphatic carbocycles. The van der Waals surface area contributed by atoms with Gasteiger partial charge in [-0.25, -0.2) is 4.98 Å². The minimum Gasteiger partial charge on any atom is -0.469 e. The van der Waals surface area contributed by atoms with Gasteiger partial charge in [0.2, 0.25) is 0 Å². The van der Waals surface area contributed by atoms with Crippen molar-refractivity contribution >= 4 is 11.6 Å². The number of hydrogen-bond acceptors (Lipinski definition) is 5. The number of nitrogens with zero attached hydrogens (tertiary/aromatic N) is 4. The summed E-state index contributed by atoms with van der Waals surface area (Å²) in [6.07, 6.45) is 4.01. The van der Waals surface area contributed by atoms with Gasteiger partial charge in [-0.15, -0.1) is 0 Å². The van der Waals surface area contributed by atoms with Crippen LogP contribution < -0.4 is 5.32 Å². The maximum Gasteiger partial charge on any atom is 0.254 e. The summed E-state index contributed by atoms with van der Waals surface area (Å²) in [5, 5.41) is 7.45. The van der Waals surface area contributed by atoms with Gasteiger partial charge in [-0.3, -0.25) is 0 Å². The van der Waals surface area contributed by atoms with E-state index >= 15 is 0 Å². The van der Waals surface area contributed by atoms with E-state index in [4.69, 9.17) is 4.42 Å². The quantitative estimate of drug-likeness (QED) is 0.755. The Kier molecular flexibility index (Phi) is 2.68. The average Bonchev–Trinajstić information content (AvgIpc) is 2.98. The summed E-state index contributed by atoms with van der Waals surface area (Å²) in [4.78, 5) is 8.37. The molecule has 6 nitrogen and oxygen atoms in total. The Labute approximate surface area is 104 Å². The molecular formula is C12H13N5O. The van der Waals surface area contributed by atoms with Gasteiger partial charge < -0.3 is 9.73 Å². The lowest BCUT2D eigenvalue weighted by Crippen LogP contribution is -2.09. The second-order valence-electron chi connectivity index (χ2n) is 4.01. The number of nitrogens with one attached hydrogen (secondary N) is 1. The molecule has 0 aromatic carbocycles. The van der Waals surface area contributed by atoms with Crippen molar-refractivity contribution in [2.75, 3.05) is 11.9 Å². The summed E-state index contributed by atoms with van der Waals surface area (Å²) < 4.78 is 6.97. The second kappa shape index (κ2) is 4.48. The predicted octanol–water partition coefficient (Wildman–Crippen LogP) is 1.68. The minimum absolute atomic E-state index is 0.607. The Morgan fingerprint density at radius 1 is 1.44 bits per heavy atom. The molecule has 3 aromatic rings. The molecular weight excluding hydrogens is 230 g/mol. The first-order valence-electron chi connectivity index (χ1n) is 5.76. The smallest absolute Gasteiger partial charge is 0.254 e. The maximum atomic E-state index is 5.28. The van der Waals surface area contributed by atoms with Crippen LogP contribution in [0.25, 0.3) is 5.78 Å². The lowest BCUT2D eigenvalue weighted by atomic mass is 10.3. The molecule has 0 spiro atoms. The van der Waals surface area contributed by atoms with Gasteiger partial charge in [0, 0.05) is 24.7 Å². The van der Waals surface area contributed by atoms with Crippen LogP contribution in [0.1, 0.15) is 11.5 Å². The van der Waals surface area contributed by atoms with Crippen LogP contribution in [0.15, 0.2) is 35.2 Å². The number of furan rings is 1. The van der Waals surface area contributed by atoms with Crippen molar-refractivity contribution in [3.8, 4) is 0 Å². The second-order valence-corrected chi connectivity index (χ2v) is 4.01. The Morgan fingerprint density at radius 2 is 2.39 bits per heavy atom.